The molecule has 2 atom stereocenters. The maximum atomic E-state index is 14.9. The predicted octanol–water partition coefficient (Wildman–Crippen LogP) is 2.51. The van der Waals surface area contributed by atoms with E-state index in [1.165, 1.54) is 10.6 Å². The normalized spacial score (nSPS) is 20.4. The molecular weight excluding hydrogens is 504 g/mol. The van der Waals surface area contributed by atoms with Crippen LogP contribution in [0, 0.1) is 11.6 Å². The summed E-state index contributed by atoms with van der Waals surface area (Å²) in [5.41, 5.74) is 2.30. The lowest BCUT2D eigenvalue weighted by atomic mass is 9.88. The third kappa shape index (κ3) is 4.37. The van der Waals surface area contributed by atoms with Crippen molar-refractivity contribution in [1.29, 1.82) is 0 Å². The van der Waals surface area contributed by atoms with Crippen LogP contribution in [0.25, 0.3) is 11.3 Å². The zero-order valence-corrected chi connectivity index (χ0v) is 21.2. The molecule has 194 valence electrons. The van der Waals surface area contributed by atoms with E-state index in [2.05, 4.69) is 5.32 Å². The number of aromatic nitrogens is 1. The number of ether oxygens (including phenoxy) is 1. The van der Waals surface area contributed by atoms with E-state index in [9.17, 15) is 26.8 Å². The Labute approximate surface area is 212 Å². The number of allylic oxidation sites excluding steroid dienone is 1. The molecule has 3 aliphatic rings. The van der Waals surface area contributed by atoms with E-state index in [4.69, 9.17) is 4.74 Å². The molecule has 0 spiro atoms. The Hall–Kier alpha value is -3.73. The number of hydrogen-bond donors (Lipinski definition) is 1. The van der Waals surface area contributed by atoms with E-state index in [0.29, 0.717) is 28.0 Å². The van der Waals surface area contributed by atoms with Gasteiger partial charge in [0, 0.05) is 43.8 Å². The number of nitrogens with one attached hydrogen (secondary N) is 1. The summed E-state index contributed by atoms with van der Waals surface area (Å²) in [6.07, 6.45) is 6.16. The van der Waals surface area contributed by atoms with Crippen molar-refractivity contribution in [1.82, 2.24) is 9.88 Å². The van der Waals surface area contributed by atoms with Gasteiger partial charge < -0.3 is 19.5 Å². The van der Waals surface area contributed by atoms with Crippen molar-refractivity contribution in [2.75, 3.05) is 23.5 Å². The van der Waals surface area contributed by atoms with E-state index >= 15 is 0 Å². The molecule has 0 radical (unpaired) electrons. The zero-order chi connectivity index (χ0) is 26.6. The Balaban J connectivity index is 1.79. The highest BCUT2D eigenvalue weighted by Gasteiger charge is 2.44. The molecule has 0 saturated heterocycles. The molecule has 2 aliphatic heterocycles. The van der Waals surface area contributed by atoms with Crippen LogP contribution in [-0.4, -0.2) is 49.7 Å². The van der Waals surface area contributed by atoms with Crippen molar-refractivity contribution >= 4 is 32.8 Å². The predicted molar refractivity (Wildman–Crippen MR) is 135 cm³/mol. The van der Waals surface area contributed by atoms with Gasteiger partial charge in [0.2, 0.25) is 0 Å². The minimum atomic E-state index is -3.50. The van der Waals surface area contributed by atoms with Gasteiger partial charge in [0.05, 0.1) is 35.3 Å². The van der Waals surface area contributed by atoms with Crippen LogP contribution in [0.3, 0.4) is 0 Å². The summed E-state index contributed by atoms with van der Waals surface area (Å²) in [7, 11) is -1.92. The molecule has 1 aromatic carbocycles. The minimum absolute atomic E-state index is 0.0857. The Kier molecular flexibility index (Phi) is 6.06. The van der Waals surface area contributed by atoms with Crippen LogP contribution in [0.2, 0.25) is 0 Å². The summed E-state index contributed by atoms with van der Waals surface area (Å²) in [6.45, 7) is 1.82. The van der Waals surface area contributed by atoms with E-state index in [-0.39, 0.29) is 35.6 Å². The second-order valence-corrected chi connectivity index (χ2v) is 11.5. The Bertz CT molecular complexity index is 1590. The van der Waals surface area contributed by atoms with E-state index in [0.717, 1.165) is 18.4 Å². The number of carbonyl (C=O) groups excluding carboxylic acids is 1. The molecule has 37 heavy (non-hydrogen) atoms. The molecule has 2 unspecified atom stereocenters. The fourth-order valence-corrected chi connectivity index (χ4v) is 5.97. The number of pyridine rings is 1. The largest absolute Gasteiger partial charge is 0.464 e. The lowest BCUT2D eigenvalue weighted by Crippen LogP contribution is -2.48. The number of esters is 1. The van der Waals surface area contributed by atoms with E-state index in [1.54, 1.807) is 43.4 Å². The molecule has 11 heteroatoms. The van der Waals surface area contributed by atoms with Crippen LogP contribution in [0.4, 0.5) is 14.5 Å². The number of carbonyl (C=O) groups is 1. The maximum Gasteiger partial charge on any atom is 0.328 e. The standard InChI is InChI=1S/C26H25F2N3O5S/c1-4-36-26(33)19-11-21-22-14(12-31(21)20-6-5-16(27)10-18(20)28)9-15(13-37(3,34)35)17-7-8-30(2)25(32)23(17)24(22)29-19/h5-10,12,19,21,29H,4,11,13H2,1-3H3. The van der Waals surface area contributed by atoms with E-state index in [1.807, 2.05) is 0 Å². The van der Waals surface area contributed by atoms with Crippen molar-refractivity contribution in [3.63, 3.8) is 0 Å². The van der Waals surface area contributed by atoms with Gasteiger partial charge >= 0.3 is 5.97 Å². The van der Waals surface area contributed by atoms with Gasteiger partial charge in [-0.25, -0.2) is 22.0 Å². The molecule has 5 rings (SSSR count). The monoisotopic (exact) mass is 529 g/mol. The molecule has 3 heterocycles. The number of aryl methyl sites for hydroxylation is 1. The molecule has 0 amide bonds. The first-order chi connectivity index (χ1) is 17.5. The number of anilines is 1. The lowest BCUT2D eigenvalue weighted by molar-refractivity contribution is -0.145. The van der Waals surface area contributed by atoms with Crippen molar-refractivity contribution in [3.8, 4) is 0 Å². The molecule has 1 N–H and O–H groups in total. The smallest absolute Gasteiger partial charge is 0.328 e. The molecule has 2 aromatic rings. The lowest BCUT2D eigenvalue weighted by Gasteiger charge is -2.36. The van der Waals surface area contributed by atoms with Crippen LogP contribution in [-0.2, 0) is 26.4 Å². The summed E-state index contributed by atoms with van der Waals surface area (Å²) in [6, 6.07) is 3.43. The summed E-state index contributed by atoms with van der Waals surface area (Å²) < 4.78 is 59.9. The first-order valence-corrected chi connectivity index (χ1v) is 13.8. The number of benzene rings is 1. The highest BCUT2D eigenvalue weighted by molar-refractivity contribution is 7.91. The van der Waals surface area contributed by atoms with Crippen LogP contribution in [0.1, 0.15) is 24.5 Å². The van der Waals surface area contributed by atoms with Gasteiger partial charge in [0.25, 0.3) is 5.56 Å². The van der Waals surface area contributed by atoms with Crippen molar-refractivity contribution < 1.29 is 26.7 Å². The molecule has 0 bridgehead atoms. The van der Waals surface area contributed by atoms with Crippen LogP contribution < -0.4 is 15.8 Å². The number of fused-ring (bicyclic) bond motifs is 2. The van der Waals surface area contributed by atoms with Gasteiger partial charge in [-0.2, -0.15) is 0 Å². The summed E-state index contributed by atoms with van der Waals surface area (Å²) in [5.74, 6) is -2.39. The van der Waals surface area contributed by atoms with Crippen molar-refractivity contribution in [3.05, 3.63) is 87.0 Å². The Morgan fingerprint density at radius 1 is 1.24 bits per heavy atom. The number of nitrogens with zero attached hydrogens (tertiary/aromatic N) is 2. The third-order valence-corrected chi connectivity index (χ3v) is 7.51. The quantitative estimate of drug-likeness (QED) is 0.595. The van der Waals surface area contributed by atoms with Crippen LogP contribution in [0.5, 0.6) is 0 Å². The second kappa shape index (κ2) is 8.98. The van der Waals surface area contributed by atoms with Gasteiger partial charge in [-0.1, -0.05) is 0 Å². The average molecular weight is 530 g/mol. The Morgan fingerprint density at radius 2 is 2.00 bits per heavy atom. The SMILES string of the molecule is CCOC(=O)C1CC2C3=C(N1)c1c(ccn(C)c1=O)C(CS(C)(=O)=O)=CC3=CN2c1ccc(F)cc1F. The van der Waals surface area contributed by atoms with E-state index < -0.39 is 39.5 Å². The Morgan fingerprint density at radius 3 is 2.68 bits per heavy atom. The molecule has 1 aromatic heterocycles. The summed E-state index contributed by atoms with van der Waals surface area (Å²) in [4.78, 5) is 27.9. The van der Waals surface area contributed by atoms with Crippen LogP contribution >= 0.6 is 0 Å². The van der Waals surface area contributed by atoms with Crippen molar-refractivity contribution in [2.45, 2.75) is 25.4 Å². The number of sulfone groups is 1. The molecular formula is C26H25F2N3O5S. The maximum absolute atomic E-state index is 14.9. The highest BCUT2D eigenvalue weighted by atomic mass is 32.2. The molecule has 1 aliphatic carbocycles. The van der Waals surface area contributed by atoms with Gasteiger partial charge in [-0.05, 0) is 47.9 Å². The van der Waals surface area contributed by atoms with Gasteiger partial charge in [0.1, 0.15) is 17.7 Å². The average Bonchev–Trinajstić information content (AvgIpc) is 3.10. The number of halogens is 2. The first kappa shape index (κ1) is 24.9. The fourth-order valence-electron chi connectivity index (χ4n) is 5.17. The summed E-state index contributed by atoms with van der Waals surface area (Å²) in [5, 5.41) is 3.17. The fraction of sp³-hybridized carbons (Fsp3) is 0.308. The third-order valence-electron chi connectivity index (χ3n) is 6.68. The molecule has 0 saturated carbocycles. The van der Waals surface area contributed by atoms with Gasteiger partial charge in [0.15, 0.2) is 9.84 Å². The summed E-state index contributed by atoms with van der Waals surface area (Å²) >= 11 is 0. The number of hydrogen-bond acceptors (Lipinski definition) is 7. The zero-order valence-electron chi connectivity index (χ0n) is 20.4. The topological polar surface area (TPSA) is 97.7 Å². The highest BCUT2D eigenvalue weighted by Crippen LogP contribution is 2.45. The first-order valence-electron chi connectivity index (χ1n) is 11.7. The second-order valence-electron chi connectivity index (χ2n) is 9.34. The van der Waals surface area contributed by atoms with Gasteiger partial charge in [-0.3, -0.25) is 4.79 Å². The number of rotatable bonds is 5. The van der Waals surface area contributed by atoms with Crippen molar-refractivity contribution in [2.24, 2.45) is 7.05 Å². The van der Waals surface area contributed by atoms with Gasteiger partial charge in [-0.15, -0.1) is 0 Å². The minimum Gasteiger partial charge on any atom is -0.464 e. The molecule has 8 nitrogen and oxygen atoms in total. The van der Waals surface area contributed by atoms with Crippen LogP contribution in [0.15, 0.2) is 58.7 Å². The molecule has 0 fully saturated rings.